The van der Waals surface area contributed by atoms with Gasteiger partial charge in [0, 0.05) is 31.0 Å². The highest BCUT2D eigenvalue weighted by molar-refractivity contribution is 6.03. The topological polar surface area (TPSA) is 67.2 Å². The van der Waals surface area contributed by atoms with Crippen LogP contribution in [0.5, 0.6) is 0 Å². The zero-order valence-electron chi connectivity index (χ0n) is 15.3. The molecule has 2 heterocycles. The van der Waals surface area contributed by atoms with Crippen LogP contribution in [0.15, 0.2) is 60.9 Å². The van der Waals surface area contributed by atoms with Gasteiger partial charge in [0.2, 0.25) is 11.8 Å². The monoisotopic (exact) mass is 378 g/mol. The van der Waals surface area contributed by atoms with Crippen LogP contribution in [0.4, 0.5) is 15.8 Å². The summed E-state index contributed by atoms with van der Waals surface area (Å²) >= 11 is 0. The molecule has 1 atom stereocenters. The van der Waals surface area contributed by atoms with Gasteiger partial charge in [0.05, 0.1) is 17.3 Å². The molecule has 0 aliphatic carbocycles. The van der Waals surface area contributed by atoms with Crippen molar-refractivity contribution in [3.8, 4) is 5.69 Å². The average molecular weight is 378 g/mol. The molecule has 4 rings (SSSR count). The lowest BCUT2D eigenvalue weighted by molar-refractivity contribution is -0.122. The lowest BCUT2D eigenvalue weighted by Crippen LogP contribution is -2.28. The van der Waals surface area contributed by atoms with Gasteiger partial charge in [-0.15, -0.1) is 0 Å². The van der Waals surface area contributed by atoms with Crippen molar-refractivity contribution < 1.29 is 14.0 Å². The first-order chi connectivity index (χ1) is 13.5. The molecule has 28 heavy (non-hydrogen) atoms. The Morgan fingerprint density at radius 1 is 1.21 bits per heavy atom. The summed E-state index contributed by atoms with van der Waals surface area (Å²) < 4.78 is 15.9. The molecular formula is C21H19FN4O2. The van der Waals surface area contributed by atoms with Gasteiger partial charge in [0.1, 0.15) is 5.82 Å². The SMILES string of the molecule is Cc1ccc(N2CC(C(=O)Nc3cccc(-n4cccn4)c3)CC2=O)c(F)c1. The summed E-state index contributed by atoms with van der Waals surface area (Å²) in [7, 11) is 0. The van der Waals surface area contributed by atoms with Crippen LogP contribution in [0, 0.1) is 18.7 Å². The van der Waals surface area contributed by atoms with Crippen molar-refractivity contribution in [3.63, 3.8) is 0 Å². The quantitative estimate of drug-likeness (QED) is 0.757. The lowest BCUT2D eigenvalue weighted by atomic mass is 10.1. The number of halogens is 1. The molecule has 0 radical (unpaired) electrons. The van der Waals surface area contributed by atoms with Crippen LogP contribution in [-0.2, 0) is 9.59 Å². The van der Waals surface area contributed by atoms with Gasteiger partial charge in [-0.1, -0.05) is 12.1 Å². The van der Waals surface area contributed by atoms with Crippen LogP contribution < -0.4 is 10.2 Å². The second kappa shape index (κ2) is 7.26. The maximum Gasteiger partial charge on any atom is 0.229 e. The fraction of sp³-hybridized carbons (Fsp3) is 0.190. The Morgan fingerprint density at radius 2 is 2.07 bits per heavy atom. The van der Waals surface area contributed by atoms with Gasteiger partial charge in [-0.05, 0) is 48.9 Å². The molecule has 1 aliphatic rings. The van der Waals surface area contributed by atoms with Gasteiger partial charge in [0.15, 0.2) is 0 Å². The van der Waals surface area contributed by atoms with Gasteiger partial charge in [-0.3, -0.25) is 9.59 Å². The molecule has 1 N–H and O–H groups in total. The lowest BCUT2D eigenvalue weighted by Gasteiger charge is -2.18. The summed E-state index contributed by atoms with van der Waals surface area (Å²) in [6.45, 7) is 1.94. The first kappa shape index (κ1) is 17.9. The zero-order valence-corrected chi connectivity index (χ0v) is 15.3. The average Bonchev–Trinajstić information content (AvgIpc) is 3.32. The van der Waals surface area contributed by atoms with Crippen LogP contribution in [0.2, 0.25) is 0 Å². The Morgan fingerprint density at radius 3 is 2.82 bits per heavy atom. The summed E-state index contributed by atoms with van der Waals surface area (Å²) in [6, 6.07) is 13.8. The molecule has 1 aromatic heterocycles. The smallest absolute Gasteiger partial charge is 0.229 e. The number of nitrogens with zero attached hydrogens (tertiary/aromatic N) is 3. The van der Waals surface area contributed by atoms with E-state index in [1.165, 1.54) is 11.0 Å². The molecule has 0 saturated carbocycles. The van der Waals surface area contributed by atoms with E-state index in [-0.39, 0.29) is 30.5 Å². The number of anilines is 2. The molecule has 3 aromatic rings. The van der Waals surface area contributed by atoms with Crippen LogP contribution in [0.3, 0.4) is 0 Å². The number of aryl methyl sites for hydroxylation is 1. The van der Waals surface area contributed by atoms with Crippen molar-refractivity contribution in [2.24, 2.45) is 5.92 Å². The Kier molecular flexibility index (Phi) is 4.65. The molecule has 1 aliphatic heterocycles. The predicted octanol–water partition coefficient (Wildman–Crippen LogP) is 3.31. The van der Waals surface area contributed by atoms with Crippen molar-refractivity contribution in [3.05, 3.63) is 72.3 Å². The summed E-state index contributed by atoms with van der Waals surface area (Å²) in [5.41, 5.74) is 2.42. The van der Waals surface area contributed by atoms with Crippen molar-refractivity contribution in [2.45, 2.75) is 13.3 Å². The molecule has 2 amide bonds. The second-order valence-corrected chi connectivity index (χ2v) is 6.85. The first-order valence-corrected chi connectivity index (χ1v) is 8.99. The normalized spacial score (nSPS) is 16.4. The second-order valence-electron chi connectivity index (χ2n) is 6.85. The highest BCUT2D eigenvalue weighted by atomic mass is 19.1. The summed E-state index contributed by atoms with van der Waals surface area (Å²) in [4.78, 5) is 26.4. The fourth-order valence-electron chi connectivity index (χ4n) is 3.34. The van der Waals surface area contributed by atoms with E-state index in [0.717, 1.165) is 11.3 Å². The largest absolute Gasteiger partial charge is 0.326 e. The van der Waals surface area contributed by atoms with Gasteiger partial charge >= 0.3 is 0 Å². The van der Waals surface area contributed by atoms with E-state index in [2.05, 4.69) is 10.4 Å². The molecule has 6 nitrogen and oxygen atoms in total. The minimum Gasteiger partial charge on any atom is -0.326 e. The van der Waals surface area contributed by atoms with E-state index < -0.39 is 11.7 Å². The number of carbonyl (C=O) groups excluding carboxylic acids is 2. The third-order valence-corrected chi connectivity index (χ3v) is 4.77. The van der Waals surface area contributed by atoms with E-state index >= 15 is 0 Å². The van der Waals surface area contributed by atoms with Gasteiger partial charge in [-0.25, -0.2) is 9.07 Å². The minimum atomic E-state index is -0.540. The third kappa shape index (κ3) is 3.51. The van der Waals surface area contributed by atoms with Crippen molar-refractivity contribution >= 4 is 23.2 Å². The molecule has 0 bridgehead atoms. The summed E-state index contributed by atoms with van der Waals surface area (Å²) in [5.74, 6) is -1.52. The Balaban J connectivity index is 1.47. The predicted molar refractivity (Wildman–Crippen MR) is 104 cm³/mol. The maximum absolute atomic E-state index is 14.2. The highest BCUT2D eigenvalue weighted by Gasteiger charge is 2.36. The van der Waals surface area contributed by atoms with E-state index in [0.29, 0.717) is 5.69 Å². The number of rotatable bonds is 4. The van der Waals surface area contributed by atoms with E-state index in [1.54, 1.807) is 42.1 Å². The Labute approximate surface area is 161 Å². The number of amides is 2. The number of hydrogen-bond acceptors (Lipinski definition) is 3. The third-order valence-electron chi connectivity index (χ3n) is 4.77. The van der Waals surface area contributed by atoms with Gasteiger partial charge < -0.3 is 10.2 Å². The van der Waals surface area contributed by atoms with E-state index in [1.807, 2.05) is 24.4 Å². The molecule has 2 aromatic carbocycles. The number of aromatic nitrogens is 2. The highest BCUT2D eigenvalue weighted by Crippen LogP contribution is 2.29. The molecule has 142 valence electrons. The number of benzene rings is 2. The van der Waals surface area contributed by atoms with Gasteiger partial charge in [-0.2, -0.15) is 5.10 Å². The molecule has 0 spiro atoms. The standard InChI is InChI=1S/C21H19FN4O2/c1-14-6-7-19(18(22)10-14)25-13-15(11-20(25)27)21(28)24-16-4-2-5-17(12-16)26-9-3-8-23-26/h2-10,12,15H,11,13H2,1H3,(H,24,28). The van der Waals surface area contributed by atoms with Gasteiger partial charge in [0.25, 0.3) is 0 Å². The summed E-state index contributed by atoms with van der Waals surface area (Å²) in [6.07, 6.45) is 3.54. The van der Waals surface area contributed by atoms with Crippen LogP contribution in [0.1, 0.15) is 12.0 Å². The fourth-order valence-corrected chi connectivity index (χ4v) is 3.34. The first-order valence-electron chi connectivity index (χ1n) is 8.99. The van der Waals surface area contributed by atoms with Crippen LogP contribution in [0.25, 0.3) is 5.69 Å². The Hall–Kier alpha value is -3.48. The van der Waals surface area contributed by atoms with Crippen molar-refractivity contribution in [1.82, 2.24) is 9.78 Å². The maximum atomic E-state index is 14.2. The minimum absolute atomic E-state index is 0.0536. The molecular weight excluding hydrogens is 359 g/mol. The van der Waals surface area contributed by atoms with Crippen LogP contribution in [-0.4, -0.2) is 28.1 Å². The zero-order chi connectivity index (χ0) is 19.7. The number of carbonyl (C=O) groups is 2. The Bertz CT molecular complexity index is 1030. The molecule has 1 unspecified atom stereocenters. The number of nitrogens with one attached hydrogen (secondary N) is 1. The summed E-state index contributed by atoms with van der Waals surface area (Å²) in [5, 5.41) is 7.02. The van der Waals surface area contributed by atoms with Crippen LogP contribution >= 0.6 is 0 Å². The number of hydrogen-bond donors (Lipinski definition) is 1. The van der Waals surface area contributed by atoms with Crippen molar-refractivity contribution in [1.29, 1.82) is 0 Å². The van der Waals surface area contributed by atoms with E-state index in [9.17, 15) is 14.0 Å². The molecule has 1 fully saturated rings. The van der Waals surface area contributed by atoms with Crippen molar-refractivity contribution in [2.75, 3.05) is 16.8 Å². The molecule has 7 heteroatoms. The molecule has 1 saturated heterocycles. The van der Waals surface area contributed by atoms with E-state index in [4.69, 9.17) is 0 Å².